The van der Waals surface area contributed by atoms with Gasteiger partial charge in [-0.15, -0.1) is 0 Å². The van der Waals surface area contributed by atoms with Crippen molar-refractivity contribution in [3.63, 3.8) is 0 Å². The minimum atomic E-state index is -3.98. The minimum absolute atomic E-state index is 0.0713. The first-order chi connectivity index (χ1) is 14.4. The summed E-state index contributed by atoms with van der Waals surface area (Å²) in [6.45, 7) is 1.31. The second kappa shape index (κ2) is 9.81. The van der Waals surface area contributed by atoms with Crippen LogP contribution in [0.3, 0.4) is 0 Å². The van der Waals surface area contributed by atoms with E-state index in [1.807, 2.05) is 24.3 Å². The molecule has 0 radical (unpaired) electrons. The molecular weight excluding hydrogens is 515 g/mol. The summed E-state index contributed by atoms with van der Waals surface area (Å²) in [5, 5.41) is 4.11. The van der Waals surface area contributed by atoms with Crippen LogP contribution in [0.15, 0.2) is 89.0 Å². The van der Waals surface area contributed by atoms with Gasteiger partial charge in [0.25, 0.3) is 15.9 Å². The summed E-state index contributed by atoms with van der Waals surface area (Å²) in [6, 6.07) is 20.5. The molecule has 3 aromatic rings. The number of amides is 1. The predicted molar refractivity (Wildman–Crippen MR) is 125 cm³/mol. The fourth-order valence-electron chi connectivity index (χ4n) is 2.60. The van der Waals surface area contributed by atoms with E-state index in [2.05, 4.69) is 38.1 Å². The van der Waals surface area contributed by atoms with Crippen LogP contribution in [0.25, 0.3) is 0 Å². The number of benzene rings is 2. The van der Waals surface area contributed by atoms with Crippen LogP contribution < -0.4 is 9.73 Å². The maximum absolute atomic E-state index is 13.1. The van der Waals surface area contributed by atoms with Crippen molar-refractivity contribution in [2.24, 2.45) is 5.10 Å². The second-order valence-electron chi connectivity index (χ2n) is 6.26. The average Bonchev–Trinajstić information content (AvgIpc) is 2.77. The lowest BCUT2D eigenvalue weighted by atomic mass is 10.1. The molecule has 2 aromatic carbocycles. The van der Waals surface area contributed by atoms with Crippen LogP contribution in [0.4, 0.5) is 5.82 Å². The Balaban J connectivity index is 1.83. The number of nitrogens with zero attached hydrogens (tertiary/aromatic N) is 3. The second-order valence-corrected chi connectivity index (χ2v) is 9.36. The Morgan fingerprint density at radius 2 is 1.80 bits per heavy atom. The number of halogens is 1. The molecule has 0 atom stereocenters. The highest BCUT2D eigenvalue weighted by atomic mass is 127. The molecule has 0 spiro atoms. The molecule has 0 bridgehead atoms. The van der Waals surface area contributed by atoms with Crippen molar-refractivity contribution in [2.75, 3.05) is 10.8 Å². The highest BCUT2D eigenvalue weighted by molar-refractivity contribution is 14.1. The lowest BCUT2D eigenvalue weighted by Gasteiger charge is -2.22. The number of anilines is 1. The van der Waals surface area contributed by atoms with Crippen LogP contribution in [0.2, 0.25) is 0 Å². The molecular formula is C21H19IN4O3S. The molecule has 1 amide bonds. The standard InChI is InChI=1S/C21H19IN4O3S/c1-16(17-8-7-9-18(22)14-17)24-25-21(27)15-26(20-12-5-6-13-23-20)30(28,29)19-10-3-2-4-11-19/h2-14H,15H2,1H3,(H,25,27)/b24-16-. The summed E-state index contributed by atoms with van der Waals surface area (Å²) >= 11 is 2.19. The molecule has 0 unspecified atom stereocenters. The van der Waals surface area contributed by atoms with E-state index in [4.69, 9.17) is 0 Å². The first kappa shape index (κ1) is 21.9. The number of nitrogens with one attached hydrogen (secondary N) is 1. The monoisotopic (exact) mass is 534 g/mol. The Morgan fingerprint density at radius 1 is 1.07 bits per heavy atom. The summed E-state index contributed by atoms with van der Waals surface area (Å²) in [4.78, 5) is 16.7. The molecule has 0 saturated carbocycles. The molecule has 30 heavy (non-hydrogen) atoms. The summed E-state index contributed by atoms with van der Waals surface area (Å²) in [5.74, 6) is -0.431. The molecule has 0 aliphatic carbocycles. The molecule has 0 fully saturated rings. The van der Waals surface area contributed by atoms with E-state index in [0.717, 1.165) is 13.4 Å². The smallest absolute Gasteiger partial charge is 0.265 e. The van der Waals surface area contributed by atoms with Gasteiger partial charge < -0.3 is 0 Å². The van der Waals surface area contributed by atoms with Crippen molar-refractivity contribution in [3.8, 4) is 0 Å². The fourth-order valence-corrected chi connectivity index (χ4v) is 4.54. The topological polar surface area (TPSA) is 91.7 Å². The lowest BCUT2D eigenvalue weighted by molar-refractivity contribution is -0.119. The van der Waals surface area contributed by atoms with Gasteiger partial charge in [-0.2, -0.15) is 5.10 Å². The molecule has 0 aliphatic rings. The van der Waals surface area contributed by atoms with E-state index in [1.165, 1.54) is 24.4 Å². The quantitative estimate of drug-likeness (QED) is 0.286. The zero-order chi connectivity index (χ0) is 21.6. The minimum Gasteiger partial charge on any atom is -0.271 e. The third kappa shape index (κ3) is 5.42. The molecule has 9 heteroatoms. The first-order valence-electron chi connectivity index (χ1n) is 8.96. The van der Waals surface area contributed by atoms with Gasteiger partial charge in [0, 0.05) is 9.77 Å². The fraction of sp³-hybridized carbons (Fsp3) is 0.0952. The van der Waals surface area contributed by atoms with Gasteiger partial charge >= 0.3 is 0 Å². The van der Waals surface area contributed by atoms with Crippen molar-refractivity contribution >= 4 is 50.1 Å². The van der Waals surface area contributed by atoms with Gasteiger partial charge in [0.2, 0.25) is 0 Å². The lowest BCUT2D eigenvalue weighted by Crippen LogP contribution is -2.40. The van der Waals surface area contributed by atoms with Crippen LogP contribution in [0.1, 0.15) is 12.5 Å². The molecule has 1 aromatic heterocycles. The van der Waals surface area contributed by atoms with Crippen molar-refractivity contribution in [3.05, 3.63) is 88.1 Å². The zero-order valence-corrected chi connectivity index (χ0v) is 19.0. The van der Waals surface area contributed by atoms with E-state index in [1.54, 1.807) is 37.3 Å². The first-order valence-corrected chi connectivity index (χ1v) is 11.5. The number of hydrogen-bond donors (Lipinski definition) is 1. The Labute approximate surface area is 189 Å². The Morgan fingerprint density at radius 3 is 2.47 bits per heavy atom. The van der Waals surface area contributed by atoms with Gasteiger partial charge in [-0.25, -0.2) is 23.1 Å². The maximum Gasteiger partial charge on any atom is 0.265 e. The number of pyridine rings is 1. The Bertz CT molecular complexity index is 1150. The zero-order valence-electron chi connectivity index (χ0n) is 16.1. The summed E-state index contributed by atoms with van der Waals surface area (Å²) in [5.41, 5.74) is 3.91. The third-order valence-electron chi connectivity index (χ3n) is 4.11. The number of sulfonamides is 1. The van der Waals surface area contributed by atoms with E-state index < -0.39 is 22.5 Å². The van der Waals surface area contributed by atoms with Gasteiger partial charge in [0.05, 0.1) is 10.6 Å². The summed E-state index contributed by atoms with van der Waals surface area (Å²) < 4.78 is 28.3. The van der Waals surface area contributed by atoms with Crippen molar-refractivity contribution in [2.45, 2.75) is 11.8 Å². The van der Waals surface area contributed by atoms with Crippen LogP contribution >= 0.6 is 22.6 Å². The van der Waals surface area contributed by atoms with Crippen LogP contribution in [0, 0.1) is 3.57 Å². The largest absolute Gasteiger partial charge is 0.271 e. The van der Waals surface area contributed by atoms with Gasteiger partial charge in [0.1, 0.15) is 12.4 Å². The van der Waals surface area contributed by atoms with Gasteiger partial charge in [-0.05, 0) is 71.5 Å². The number of hydrogen-bond acceptors (Lipinski definition) is 5. The summed E-state index contributed by atoms with van der Waals surface area (Å²) in [6.07, 6.45) is 1.47. The van der Waals surface area contributed by atoms with Crippen molar-refractivity contribution in [1.82, 2.24) is 10.4 Å². The molecule has 1 heterocycles. The molecule has 0 saturated heterocycles. The molecule has 3 rings (SSSR count). The normalized spacial score (nSPS) is 11.7. The third-order valence-corrected chi connectivity index (χ3v) is 6.55. The molecule has 1 N–H and O–H groups in total. The Hall–Kier alpha value is -2.79. The van der Waals surface area contributed by atoms with Gasteiger partial charge in [-0.1, -0.05) is 36.4 Å². The molecule has 0 aliphatic heterocycles. The highest BCUT2D eigenvalue weighted by Gasteiger charge is 2.27. The van der Waals surface area contributed by atoms with E-state index in [0.29, 0.717) is 5.71 Å². The summed E-state index contributed by atoms with van der Waals surface area (Å²) in [7, 11) is -3.98. The number of aromatic nitrogens is 1. The van der Waals surface area contributed by atoms with Crippen molar-refractivity contribution < 1.29 is 13.2 Å². The van der Waals surface area contributed by atoms with Gasteiger partial charge in [0.15, 0.2) is 0 Å². The van der Waals surface area contributed by atoms with Crippen LogP contribution in [-0.2, 0) is 14.8 Å². The molecule has 7 nitrogen and oxygen atoms in total. The SMILES string of the molecule is C/C(=N/NC(=O)CN(c1ccccn1)S(=O)(=O)c1ccccc1)c1cccc(I)c1. The Kier molecular flexibility index (Phi) is 7.16. The number of carbonyl (C=O) groups excluding carboxylic acids is 1. The van der Waals surface area contributed by atoms with E-state index >= 15 is 0 Å². The number of rotatable bonds is 7. The maximum atomic E-state index is 13.1. The predicted octanol–water partition coefficient (Wildman–Crippen LogP) is 3.42. The number of hydrazone groups is 1. The highest BCUT2D eigenvalue weighted by Crippen LogP contribution is 2.21. The van der Waals surface area contributed by atoms with Crippen LogP contribution in [-0.4, -0.2) is 31.6 Å². The molecule has 154 valence electrons. The van der Waals surface area contributed by atoms with E-state index in [-0.39, 0.29) is 10.7 Å². The van der Waals surface area contributed by atoms with E-state index in [9.17, 15) is 13.2 Å². The average molecular weight is 534 g/mol. The number of carbonyl (C=O) groups is 1. The van der Waals surface area contributed by atoms with Gasteiger partial charge in [-0.3, -0.25) is 4.79 Å². The van der Waals surface area contributed by atoms with Crippen molar-refractivity contribution in [1.29, 1.82) is 0 Å². The van der Waals surface area contributed by atoms with Crippen LogP contribution in [0.5, 0.6) is 0 Å².